The van der Waals surface area contributed by atoms with Gasteiger partial charge in [-0.25, -0.2) is 0 Å². The van der Waals surface area contributed by atoms with E-state index >= 15 is 0 Å². The summed E-state index contributed by atoms with van der Waals surface area (Å²) in [6, 6.07) is 5.93. The molecule has 2 unspecified atom stereocenters. The van der Waals surface area contributed by atoms with Gasteiger partial charge in [-0.15, -0.1) is 11.6 Å². The van der Waals surface area contributed by atoms with Gasteiger partial charge in [0.25, 0.3) is 0 Å². The van der Waals surface area contributed by atoms with Crippen LogP contribution in [0.4, 0.5) is 0 Å². The Morgan fingerprint density at radius 3 is 2.71 bits per heavy atom. The van der Waals surface area contributed by atoms with Gasteiger partial charge in [0.2, 0.25) is 0 Å². The zero-order valence-electron chi connectivity index (χ0n) is 9.56. The highest BCUT2D eigenvalue weighted by atomic mass is 35.5. The lowest BCUT2D eigenvalue weighted by Crippen LogP contribution is -2.38. The summed E-state index contributed by atoms with van der Waals surface area (Å²) >= 11 is 18.4. The van der Waals surface area contributed by atoms with Crippen LogP contribution in [0.15, 0.2) is 18.2 Å². The van der Waals surface area contributed by atoms with Crippen molar-refractivity contribution in [3.63, 3.8) is 0 Å². The monoisotopic (exact) mass is 291 g/mol. The van der Waals surface area contributed by atoms with Crippen LogP contribution in [0.3, 0.4) is 0 Å². The number of hydrogen-bond donors (Lipinski definition) is 1. The second-order valence-corrected chi connectivity index (χ2v) is 5.93. The molecule has 0 amide bonds. The summed E-state index contributed by atoms with van der Waals surface area (Å²) in [6.07, 6.45) is 4.74. The van der Waals surface area contributed by atoms with E-state index in [1.807, 2.05) is 12.1 Å². The Bertz CT molecular complexity index is 381. The summed E-state index contributed by atoms with van der Waals surface area (Å²) in [5.74, 6) is 0. The molecule has 1 N–H and O–H groups in total. The van der Waals surface area contributed by atoms with Crippen molar-refractivity contribution in [1.82, 2.24) is 5.32 Å². The lowest BCUT2D eigenvalue weighted by molar-refractivity contribution is 0.378. The van der Waals surface area contributed by atoms with Gasteiger partial charge in [-0.3, -0.25) is 0 Å². The number of rotatable bonds is 3. The van der Waals surface area contributed by atoms with Crippen LogP contribution >= 0.6 is 34.8 Å². The van der Waals surface area contributed by atoms with Crippen LogP contribution in [0.25, 0.3) is 0 Å². The Kier molecular flexibility index (Phi) is 4.98. The zero-order chi connectivity index (χ0) is 12.3. The Morgan fingerprint density at radius 2 is 1.94 bits per heavy atom. The van der Waals surface area contributed by atoms with Gasteiger partial charge in [0.1, 0.15) is 0 Å². The maximum atomic E-state index is 6.30. The van der Waals surface area contributed by atoms with E-state index in [-0.39, 0.29) is 5.38 Å². The summed E-state index contributed by atoms with van der Waals surface area (Å²) in [6.45, 7) is 0.729. The van der Waals surface area contributed by atoms with Crippen molar-refractivity contribution in [2.24, 2.45) is 0 Å². The van der Waals surface area contributed by atoms with Crippen LogP contribution in [0.2, 0.25) is 10.0 Å². The number of hydrogen-bond acceptors (Lipinski definition) is 1. The molecule has 1 aliphatic rings. The molecule has 4 heteroatoms. The predicted octanol–water partition coefficient (Wildman–Crippen LogP) is 4.63. The average Bonchev–Trinajstić information content (AvgIpc) is 2.32. The van der Waals surface area contributed by atoms with Gasteiger partial charge in [-0.2, -0.15) is 0 Å². The molecule has 1 nitrogen and oxygen atoms in total. The molecule has 1 saturated carbocycles. The molecule has 2 rings (SSSR count). The molecule has 2 atom stereocenters. The van der Waals surface area contributed by atoms with Gasteiger partial charge in [0.15, 0.2) is 0 Å². The molecule has 0 radical (unpaired) electrons. The molecule has 0 aromatic heterocycles. The Labute approximate surface area is 117 Å². The fraction of sp³-hybridized carbons (Fsp3) is 0.538. The summed E-state index contributed by atoms with van der Waals surface area (Å²) in [4.78, 5) is 0. The number of alkyl halides is 1. The van der Waals surface area contributed by atoms with Crippen molar-refractivity contribution in [2.45, 2.75) is 43.6 Å². The van der Waals surface area contributed by atoms with E-state index in [0.29, 0.717) is 6.04 Å². The van der Waals surface area contributed by atoms with E-state index in [1.165, 1.54) is 12.8 Å². The summed E-state index contributed by atoms with van der Waals surface area (Å²) in [7, 11) is 0. The zero-order valence-corrected chi connectivity index (χ0v) is 11.8. The number of halogens is 3. The van der Waals surface area contributed by atoms with Crippen LogP contribution in [0, 0.1) is 0 Å². The quantitative estimate of drug-likeness (QED) is 0.801. The van der Waals surface area contributed by atoms with Crippen LogP contribution in [-0.4, -0.2) is 11.4 Å². The second kappa shape index (κ2) is 6.29. The SMILES string of the molecule is Clc1ccc(Cl)c(CNC2CCCCC2Cl)c1. The van der Waals surface area contributed by atoms with Crippen molar-refractivity contribution in [2.75, 3.05) is 0 Å². The lowest BCUT2D eigenvalue weighted by atomic mass is 9.95. The Balaban J connectivity index is 1.94. The van der Waals surface area contributed by atoms with Crippen LogP contribution in [-0.2, 0) is 6.54 Å². The van der Waals surface area contributed by atoms with Crippen molar-refractivity contribution >= 4 is 34.8 Å². The van der Waals surface area contributed by atoms with E-state index in [1.54, 1.807) is 6.07 Å². The Morgan fingerprint density at radius 1 is 1.18 bits per heavy atom. The minimum atomic E-state index is 0.238. The maximum Gasteiger partial charge on any atom is 0.0489 e. The van der Waals surface area contributed by atoms with Crippen molar-refractivity contribution in [1.29, 1.82) is 0 Å². The lowest BCUT2D eigenvalue weighted by Gasteiger charge is -2.28. The fourth-order valence-electron chi connectivity index (χ4n) is 2.24. The molecule has 17 heavy (non-hydrogen) atoms. The van der Waals surface area contributed by atoms with Crippen molar-refractivity contribution in [3.8, 4) is 0 Å². The molecule has 1 aromatic rings. The van der Waals surface area contributed by atoms with Gasteiger partial charge in [-0.05, 0) is 36.6 Å². The van der Waals surface area contributed by atoms with E-state index < -0.39 is 0 Å². The van der Waals surface area contributed by atoms with Crippen molar-refractivity contribution in [3.05, 3.63) is 33.8 Å². The minimum Gasteiger partial charge on any atom is -0.308 e. The fourth-order valence-corrected chi connectivity index (χ4v) is 2.98. The molecule has 0 heterocycles. The predicted molar refractivity (Wildman–Crippen MR) is 75.2 cm³/mol. The molecule has 1 aliphatic carbocycles. The first-order valence-corrected chi connectivity index (χ1v) is 7.17. The minimum absolute atomic E-state index is 0.238. The molecule has 0 spiro atoms. The molecule has 0 aliphatic heterocycles. The van der Waals surface area contributed by atoms with E-state index in [9.17, 15) is 0 Å². The molecule has 0 bridgehead atoms. The standard InChI is InChI=1S/C13H16Cl3N/c14-10-5-6-11(15)9(7-10)8-17-13-4-2-1-3-12(13)16/h5-7,12-13,17H,1-4,8H2. The molecular formula is C13H16Cl3N. The van der Waals surface area contributed by atoms with E-state index in [4.69, 9.17) is 34.8 Å². The van der Waals surface area contributed by atoms with Gasteiger partial charge >= 0.3 is 0 Å². The first-order chi connectivity index (χ1) is 8.16. The molecule has 0 saturated heterocycles. The highest BCUT2D eigenvalue weighted by molar-refractivity contribution is 6.33. The summed E-state index contributed by atoms with van der Waals surface area (Å²) in [5, 5.41) is 5.19. The highest BCUT2D eigenvalue weighted by Crippen LogP contribution is 2.25. The van der Waals surface area contributed by atoms with Crippen LogP contribution in [0.5, 0.6) is 0 Å². The summed E-state index contributed by atoms with van der Waals surface area (Å²) < 4.78 is 0. The molecular weight excluding hydrogens is 277 g/mol. The van der Waals surface area contributed by atoms with Gasteiger partial charge in [0.05, 0.1) is 0 Å². The third-order valence-corrected chi connectivity index (χ3v) is 4.37. The van der Waals surface area contributed by atoms with Crippen LogP contribution < -0.4 is 5.32 Å². The topological polar surface area (TPSA) is 12.0 Å². The smallest absolute Gasteiger partial charge is 0.0489 e. The first kappa shape index (κ1) is 13.5. The van der Waals surface area contributed by atoms with Crippen LogP contribution in [0.1, 0.15) is 31.2 Å². The number of benzene rings is 1. The summed E-state index contributed by atoms with van der Waals surface area (Å²) in [5.41, 5.74) is 1.04. The third kappa shape index (κ3) is 3.75. The number of nitrogens with one attached hydrogen (secondary N) is 1. The van der Waals surface area contributed by atoms with Crippen molar-refractivity contribution < 1.29 is 0 Å². The van der Waals surface area contributed by atoms with E-state index in [2.05, 4.69) is 5.32 Å². The maximum absolute atomic E-state index is 6.30. The van der Waals surface area contributed by atoms with Gasteiger partial charge in [0, 0.05) is 28.0 Å². The molecule has 94 valence electrons. The largest absolute Gasteiger partial charge is 0.308 e. The molecule has 1 aromatic carbocycles. The molecule has 1 fully saturated rings. The first-order valence-electron chi connectivity index (χ1n) is 5.98. The highest BCUT2D eigenvalue weighted by Gasteiger charge is 2.22. The average molecular weight is 293 g/mol. The van der Waals surface area contributed by atoms with E-state index in [0.717, 1.165) is 35.0 Å². The van der Waals surface area contributed by atoms with Gasteiger partial charge < -0.3 is 5.32 Å². The third-order valence-electron chi connectivity index (χ3n) is 3.24. The second-order valence-electron chi connectivity index (χ2n) is 4.52. The Hall–Kier alpha value is 0.0500. The normalized spacial score (nSPS) is 24.9. The van der Waals surface area contributed by atoms with Gasteiger partial charge in [-0.1, -0.05) is 36.0 Å².